The van der Waals surface area contributed by atoms with Crippen molar-refractivity contribution in [2.75, 3.05) is 25.3 Å². The first-order valence-electron chi connectivity index (χ1n) is 9.56. The Balaban J connectivity index is 1.60. The molecular formula is C21H18N8O3. The second kappa shape index (κ2) is 7.54. The zero-order valence-corrected chi connectivity index (χ0v) is 17.2. The standard InChI is InChI=1S/C21H18N8O3/c1-31-14-8-12-13(9-15(14)32-2)24-17-16(12)18(26-20(22)25-17)29-10-23-21(28-29)27-19(30)11-6-4-3-5-7-11/h3-10H,1-2H3,(H,27,28,30)(H3,22,24,25,26). The van der Waals surface area contributed by atoms with E-state index in [0.29, 0.717) is 33.9 Å². The normalized spacial score (nSPS) is 11.1. The Kier molecular flexibility index (Phi) is 4.55. The fraction of sp³-hybridized carbons (Fsp3) is 0.0952. The average Bonchev–Trinajstić information content (AvgIpc) is 3.41. The molecule has 0 fully saturated rings. The summed E-state index contributed by atoms with van der Waals surface area (Å²) in [7, 11) is 3.13. The highest BCUT2D eigenvalue weighted by atomic mass is 16.5. The van der Waals surface area contributed by atoms with Gasteiger partial charge in [0, 0.05) is 17.0 Å². The predicted octanol–water partition coefficient (Wildman–Crippen LogP) is 2.54. The van der Waals surface area contributed by atoms with Crippen molar-refractivity contribution in [2.24, 2.45) is 0 Å². The summed E-state index contributed by atoms with van der Waals surface area (Å²) in [5, 5.41) is 8.49. The summed E-state index contributed by atoms with van der Waals surface area (Å²) in [5.41, 5.74) is 7.71. The molecule has 0 radical (unpaired) electrons. The number of methoxy groups -OCH3 is 2. The first kappa shape index (κ1) is 19.3. The Morgan fingerprint density at radius 3 is 2.59 bits per heavy atom. The Bertz CT molecular complexity index is 1460. The van der Waals surface area contributed by atoms with E-state index < -0.39 is 0 Å². The minimum Gasteiger partial charge on any atom is -0.493 e. The molecule has 0 saturated heterocycles. The first-order chi connectivity index (χ1) is 15.6. The summed E-state index contributed by atoms with van der Waals surface area (Å²) >= 11 is 0. The topological polar surface area (TPSA) is 146 Å². The summed E-state index contributed by atoms with van der Waals surface area (Å²) in [5.74, 6) is 1.39. The van der Waals surface area contributed by atoms with Gasteiger partial charge in [0.15, 0.2) is 17.3 Å². The number of amides is 1. The summed E-state index contributed by atoms with van der Waals surface area (Å²) in [6.07, 6.45) is 1.45. The smallest absolute Gasteiger partial charge is 0.258 e. The van der Waals surface area contributed by atoms with Crippen molar-refractivity contribution in [3.63, 3.8) is 0 Å². The molecular weight excluding hydrogens is 412 g/mol. The second-order valence-corrected chi connectivity index (χ2v) is 6.84. The lowest BCUT2D eigenvalue weighted by atomic mass is 10.2. The van der Waals surface area contributed by atoms with E-state index in [4.69, 9.17) is 15.2 Å². The van der Waals surface area contributed by atoms with E-state index in [0.717, 1.165) is 10.9 Å². The number of nitrogens with two attached hydrogens (primary N) is 1. The summed E-state index contributed by atoms with van der Waals surface area (Å²) in [6.45, 7) is 0. The minimum atomic E-state index is -0.320. The number of anilines is 2. The number of H-pyrrole nitrogens is 1. The van der Waals surface area contributed by atoms with Crippen LogP contribution in [-0.4, -0.2) is 49.8 Å². The van der Waals surface area contributed by atoms with Crippen LogP contribution in [0.5, 0.6) is 11.5 Å². The molecule has 11 heteroatoms. The van der Waals surface area contributed by atoms with Crippen molar-refractivity contribution in [3.8, 4) is 17.3 Å². The Hall–Kier alpha value is -4.67. The van der Waals surface area contributed by atoms with E-state index in [9.17, 15) is 4.79 Å². The van der Waals surface area contributed by atoms with Crippen LogP contribution in [0.25, 0.3) is 27.8 Å². The molecule has 3 heterocycles. The lowest BCUT2D eigenvalue weighted by Gasteiger charge is -2.07. The third-order valence-corrected chi connectivity index (χ3v) is 4.92. The Labute approximate surface area is 181 Å². The van der Waals surface area contributed by atoms with Crippen molar-refractivity contribution in [3.05, 3.63) is 54.4 Å². The maximum atomic E-state index is 12.4. The number of benzene rings is 2. The lowest BCUT2D eigenvalue weighted by molar-refractivity contribution is 0.102. The number of fused-ring (bicyclic) bond motifs is 3. The van der Waals surface area contributed by atoms with Gasteiger partial charge in [0.1, 0.15) is 12.0 Å². The Morgan fingerprint density at radius 2 is 1.84 bits per heavy atom. The number of nitrogens with zero attached hydrogens (tertiary/aromatic N) is 5. The molecule has 0 aliphatic heterocycles. The van der Waals surface area contributed by atoms with Crippen LogP contribution in [-0.2, 0) is 0 Å². The van der Waals surface area contributed by atoms with Gasteiger partial charge < -0.3 is 20.2 Å². The van der Waals surface area contributed by atoms with Gasteiger partial charge >= 0.3 is 0 Å². The molecule has 2 aromatic carbocycles. The number of hydrogen-bond acceptors (Lipinski definition) is 8. The SMILES string of the molecule is COc1cc2[nH]c3nc(N)nc(-n4cnc(NC(=O)c5ccccc5)n4)c3c2cc1OC. The molecule has 0 atom stereocenters. The molecule has 0 bridgehead atoms. The number of carbonyl (C=O) groups excluding carboxylic acids is 1. The van der Waals surface area contributed by atoms with Gasteiger partial charge in [0.05, 0.1) is 25.1 Å². The fourth-order valence-corrected chi connectivity index (χ4v) is 3.47. The van der Waals surface area contributed by atoms with Crippen LogP contribution in [0, 0.1) is 0 Å². The highest BCUT2D eigenvalue weighted by molar-refractivity contribution is 6.10. The fourth-order valence-electron chi connectivity index (χ4n) is 3.47. The molecule has 5 aromatic rings. The number of aromatic nitrogens is 6. The molecule has 1 amide bonds. The number of nitrogen functional groups attached to an aromatic ring is 1. The minimum absolute atomic E-state index is 0.0587. The maximum absolute atomic E-state index is 12.4. The average molecular weight is 430 g/mol. The molecule has 3 aromatic heterocycles. The number of nitrogens with one attached hydrogen (secondary N) is 2. The van der Waals surface area contributed by atoms with E-state index in [1.165, 1.54) is 11.0 Å². The van der Waals surface area contributed by atoms with Gasteiger partial charge in [-0.1, -0.05) is 18.2 Å². The van der Waals surface area contributed by atoms with Gasteiger partial charge in [-0.3, -0.25) is 10.1 Å². The molecule has 0 spiro atoms. The predicted molar refractivity (Wildman–Crippen MR) is 118 cm³/mol. The van der Waals surface area contributed by atoms with E-state index in [-0.39, 0.29) is 17.8 Å². The van der Waals surface area contributed by atoms with Crippen molar-refractivity contribution in [1.29, 1.82) is 0 Å². The zero-order chi connectivity index (χ0) is 22.2. The van der Waals surface area contributed by atoms with Gasteiger partial charge in [-0.25, -0.2) is 0 Å². The summed E-state index contributed by atoms with van der Waals surface area (Å²) < 4.78 is 12.3. The van der Waals surface area contributed by atoms with Crippen LogP contribution >= 0.6 is 0 Å². The van der Waals surface area contributed by atoms with Gasteiger partial charge in [0.2, 0.25) is 11.9 Å². The lowest BCUT2D eigenvalue weighted by Crippen LogP contribution is -2.13. The van der Waals surface area contributed by atoms with Crippen LogP contribution in [0.4, 0.5) is 11.9 Å². The van der Waals surface area contributed by atoms with Gasteiger partial charge in [0.25, 0.3) is 5.91 Å². The van der Waals surface area contributed by atoms with E-state index in [1.54, 1.807) is 38.5 Å². The number of hydrogen-bond donors (Lipinski definition) is 3. The van der Waals surface area contributed by atoms with Crippen molar-refractivity contribution >= 4 is 39.7 Å². The molecule has 0 unspecified atom stereocenters. The van der Waals surface area contributed by atoms with Crippen molar-refractivity contribution in [1.82, 2.24) is 29.7 Å². The van der Waals surface area contributed by atoms with Gasteiger partial charge in [-0.15, -0.1) is 5.10 Å². The summed E-state index contributed by atoms with van der Waals surface area (Å²) in [6, 6.07) is 12.4. The number of carbonyl (C=O) groups is 1. The van der Waals surface area contributed by atoms with Crippen LogP contribution < -0.4 is 20.5 Å². The highest BCUT2D eigenvalue weighted by Gasteiger charge is 2.19. The number of aromatic amines is 1. The molecule has 160 valence electrons. The monoisotopic (exact) mass is 430 g/mol. The van der Waals surface area contributed by atoms with E-state index in [1.807, 2.05) is 18.2 Å². The molecule has 5 rings (SSSR count). The van der Waals surface area contributed by atoms with Crippen molar-refractivity contribution in [2.45, 2.75) is 0 Å². The third-order valence-electron chi connectivity index (χ3n) is 4.92. The molecule has 11 nitrogen and oxygen atoms in total. The van der Waals surface area contributed by atoms with Crippen molar-refractivity contribution < 1.29 is 14.3 Å². The van der Waals surface area contributed by atoms with Crippen LogP contribution in [0.2, 0.25) is 0 Å². The molecule has 32 heavy (non-hydrogen) atoms. The van der Waals surface area contributed by atoms with E-state index in [2.05, 4.69) is 30.4 Å². The molecule has 0 aliphatic rings. The quantitative estimate of drug-likeness (QED) is 0.386. The maximum Gasteiger partial charge on any atom is 0.258 e. The first-order valence-corrected chi connectivity index (χ1v) is 9.56. The van der Waals surface area contributed by atoms with Gasteiger partial charge in [-0.05, 0) is 18.2 Å². The van der Waals surface area contributed by atoms with Crippen LogP contribution in [0.15, 0.2) is 48.8 Å². The molecule has 4 N–H and O–H groups in total. The molecule has 0 aliphatic carbocycles. The second-order valence-electron chi connectivity index (χ2n) is 6.84. The Morgan fingerprint density at radius 1 is 1.09 bits per heavy atom. The zero-order valence-electron chi connectivity index (χ0n) is 17.2. The highest BCUT2D eigenvalue weighted by Crippen LogP contribution is 2.37. The third kappa shape index (κ3) is 3.21. The number of rotatable bonds is 5. The van der Waals surface area contributed by atoms with Gasteiger partial charge in [-0.2, -0.15) is 19.6 Å². The van der Waals surface area contributed by atoms with E-state index >= 15 is 0 Å². The molecule has 0 saturated carbocycles. The van der Waals surface area contributed by atoms with Crippen LogP contribution in [0.1, 0.15) is 10.4 Å². The largest absolute Gasteiger partial charge is 0.493 e. The number of ether oxygens (including phenoxy) is 2. The van der Waals surface area contributed by atoms with Crippen LogP contribution in [0.3, 0.4) is 0 Å². The summed E-state index contributed by atoms with van der Waals surface area (Å²) in [4.78, 5) is 28.5.